The number of hydrogen-bond acceptors (Lipinski definition) is 7. The summed E-state index contributed by atoms with van der Waals surface area (Å²) < 4.78 is 1.83. The summed E-state index contributed by atoms with van der Waals surface area (Å²) in [4.78, 5) is 35.3. The summed E-state index contributed by atoms with van der Waals surface area (Å²) in [5, 5.41) is 22.7. The predicted molar refractivity (Wildman–Crippen MR) is 116 cm³/mol. The van der Waals surface area contributed by atoms with E-state index in [1.165, 1.54) is 30.0 Å². The summed E-state index contributed by atoms with van der Waals surface area (Å²) in [7, 11) is 0. The van der Waals surface area contributed by atoms with Crippen molar-refractivity contribution < 1.29 is 14.5 Å². The molecule has 0 fully saturated rings. The fourth-order valence-electron chi connectivity index (χ4n) is 2.96. The number of nitro benzene ring substituents is 1. The van der Waals surface area contributed by atoms with E-state index in [1.807, 2.05) is 24.5 Å². The molecule has 3 rings (SSSR count). The van der Waals surface area contributed by atoms with Gasteiger partial charge < -0.3 is 9.88 Å². The molecule has 31 heavy (non-hydrogen) atoms. The maximum atomic E-state index is 12.5. The quantitative estimate of drug-likeness (QED) is 0.234. The van der Waals surface area contributed by atoms with Gasteiger partial charge in [0.2, 0.25) is 0 Å². The molecule has 1 atom stereocenters. The number of carbonyl (C=O) groups is 2. The fourth-order valence-corrected chi connectivity index (χ4v) is 3.87. The molecule has 0 spiro atoms. The highest BCUT2D eigenvalue weighted by atomic mass is 32.2. The lowest BCUT2D eigenvalue weighted by molar-refractivity contribution is -0.384. The largest absolute Gasteiger partial charge is 0.342 e. The molecular formula is C21H21N5O4S. The molecule has 2 aromatic carbocycles. The molecule has 160 valence electrons. The van der Waals surface area contributed by atoms with Gasteiger partial charge in [0.1, 0.15) is 0 Å². The van der Waals surface area contributed by atoms with E-state index in [-0.39, 0.29) is 34.7 Å². The smallest absolute Gasteiger partial charge is 0.270 e. The van der Waals surface area contributed by atoms with Crippen LogP contribution in [-0.4, -0.2) is 37.1 Å². The summed E-state index contributed by atoms with van der Waals surface area (Å²) in [6.45, 7) is 4.30. The molecule has 0 radical (unpaired) electrons. The lowest BCUT2D eigenvalue weighted by Gasteiger charge is -2.15. The van der Waals surface area contributed by atoms with E-state index < -0.39 is 4.92 Å². The molecule has 1 heterocycles. The Morgan fingerprint density at radius 2 is 1.84 bits per heavy atom. The van der Waals surface area contributed by atoms with Crippen molar-refractivity contribution in [2.24, 2.45) is 0 Å². The number of nitrogens with zero attached hydrogens (tertiary/aromatic N) is 4. The minimum atomic E-state index is -0.533. The molecule has 0 aliphatic rings. The second kappa shape index (κ2) is 9.98. The van der Waals surface area contributed by atoms with Gasteiger partial charge in [-0.15, -0.1) is 10.2 Å². The van der Waals surface area contributed by atoms with Gasteiger partial charge in [-0.2, -0.15) is 0 Å². The first-order valence-electron chi connectivity index (χ1n) is 9.60. The Hall–Kier alpha value is -3.53. The van der Waals surface area contributed by atoms with E-state index in [1.54, 1.807) is 30.3 Å². The number of ketones is 1. The second-order valence-corrected chi connectivity index (χ2v) is 7.61. The first kappa shape index (κ1) is 22.2. The van der Waals surface area contributed by atoms with Gasteiger partial charge in [0.25, 0.3) is 11.6 Å². The SMILES string of the molecule is CCn1c(SCC(=O)c2cccc([N+](=O)[O-])c2)nnc1[C@@H](C)NC(=O)c1ccccc1. The number of nitro groups is 1. The van der Waals surface area contributed by atoms with Crippen LogP contribution < -0.4 is 5.32 Å². The Bertz CT molecular complexity index is 1100. The van der Waals surface area contributed by atoms with Crippen molar-refractivity contribution in [1.29, 1.82) is 0 Å². The number of nitrogens with one attached hydrogen (secondary N) is 1. The van der Waals surface area contributed by atoms with Crippen molar-refractivity contribution in [2.45, 2.75) is 31.6 Å². The molecule has 1 aromatic heterocycles. The van der Waals surface area contributed by atoms with E-state index in [4.69, 9.17) is 0 Å². The van der Waals surface area contributed by atoms with Crippen molar-refractivity contribution in [2.75, 3.05) is 5.75 Å². The highest BCUT2D eigenvalue weighted by Crippen LogP contribution is 2.23. The number of carbonyl (C=O) groups excluding carboxylic acids is 2. The van der Waals surface area contributed by atoms with E-state index in [0.29, 0.717) is 23.1 Å². The number of benzene rings is 2. The van der Waals surface area contributed by atoms with Gasteiger partial charge >= 0.3 is 0 Å². The van der Waals surface area contributed by atoms with Crippen LogP contribution in [0, 0.1) is 10.1 Å². The molecule has 1 N–H and O–H groups in total. The average molecular weight is 439 g/mol. The summed E-state index contributed by atoms with van der Waals surface area (Å²) >= 11 is 1.20. The minimum absolute atomic E-state index is 0.0596. The van der Waals surface area contributed by atoms with E-state index in [9.17, 15) is 19.7 Å². The summed E-state index contributed by atoms with van der Waals surface area (Å²) in [5.74, 6) is 0.182. The minimum Gasteiger partial charge on any atom is -0.342 e. The van der Waals surface area contributed by atoms with Crippen LogP contribution >= 0.6 is 11.8 Å². The van der Waals surface area contributed by atoms with E-state index >= 15 is 0 Å². The molecular weight excluding hydrogens is 418 g/mol. The van der Waals surface area contributed by atoms with Crippen LogP contribution in [0.5, 0.6) is 0 Å². The second-order valence-electron chi connectivity index (χ2n) is 6.67. The molecule has 0 aliphatic carbocycles. The molecule has 0 unspecified atom stereocenters. The van der Waals surface area contributed by atoms with Crippen LogP contribution in [0.1, 0.15) is 46.4 Å². The van der Waals surface area contributed by atoms with Gasteiger partial charge in [-0.1, -0.05) is 42.1 Å². The van der Waals surface area contributed by atoms with Gasteiger partial charge in [-0.3, -0.25) is 19.7 Å². The Balaban J connectivity index is 1.68. The highest BCUT2D eigenvalue weighted by Gasteiger charge is 2.20. The van der Waals surface area contributed by atoms with E-state index in [0.717, 1.165) is 0 Å². The number of rotatable bonds is 9. The predicted octanol–water partition coefficient (Wildman–Crippen LogP) is 3.67. The van der Waals surface area contributed by atoms with Gasteiger partial charge in [-0.25, -0.2) is 0 Å². The zero-order valence-electron chi connectivity index (χ0n) is 17.0. The monoisotopic (exact) mass is 439 g/mol. The molecule has 0 saturated heterocycles. The lowest BCUT2D eigenvalue weighted by atomic mass is 10.1. The third-order valence-electron chi connectivity index (χ3n) is 4.54. The third kappa shape index (κ3) is 5.34. The first-order valence-corrected chi connectivity index (χ1v) is 10.6. The Labute approximate surface area is 183 Å². The molecule has 10 heteroatoms. The van der Waals surface area contributed by atoms with Crippen LogP contribution in [0.15, 0.2) is 59.8 Å². The standard InChI is InChI=1S/C21H21N5O4S/c1-3-25-19(14(2)22-20(28)15-8-5-4-6-9-15)23-24-21(25)31-13-18(27)16-10-7-11-17(12-16)26(29)30/h4-12,14H,3,13H2,1-2H3,(H,22,28)/t14-/m1/s1. The highest BCUT2D eigenvalue weighted by molar-refractivity contribution is 7.99. The number of amides is 1. The Morgan fingerprint density at radius 1 is 1.13 bits per heavy atom. The number of hydrogen-bond donors (Lipinski definition) is 1. The maximum absolute atomic E-state index is 12.5. The van der Waals surface area contributed by atoms with Gasteiger partial charge in [0.15, 0.2) is 16.8 Å². The number of thioether (sulfide) groups is 1. The van der Waals surface area contributed by atoms with Crippen molar-refractivity contribution >= 4 is 29.1 Å². The zero-order chi connectivity index (χ0) is 22.4. The van der Waals surface area contributed by atoms with Crippen molar-refractivity contribution in [3.63, 3.8) is 0 Å². The molecule has 9 nitrogen and oxygen atoms in total. The summed E-state index contributed by atoms with van der Waals surface area (Å²) in [6.07, 6.45) is 0. The van der Waals surface area contributed by atoms with Crippen LogP contribution in [0.25, 0.3) is 0 Å². The van der Waals surface area contributed by atoms with E-state index in [2.05, 4.69) is 15.5 Å². The normalized spacial score (nSPS) is 11.7. The zero-order valence-corrected chi connectivity index (χ0v) is 17.8. The average Bonchev–Trinajstić information content (AvgIpc) is 3.21. The van der Waals surface area contributed by atoms with Crippen LogP contribution in [0.2, 0.25) is 0 Å². The first-order chi connectivity index (χ1) is 14.9. The number of Topliss-reactive ketones (excluding diaryl/α,β-unsaturated/α-hetero) is 1. The summed E-state index contributed by atoms with van der Waals surface area (Å²) in [6, 6.07) is 14.1. The lowest BCUT2D eigenvalue weighted by Crippen LogP contribution is -2.28. The molecule has 0 saturated carbocycles. The van der Waals surface area contributed by atoms with Crippen LogP contribution in [0.3, 0.4) is 0 Å². The van der Waals surface area contributed by atoms with Gasteiger partial charge in [0, 0.05) is 29.8 Å². The molecule has 0 bridgehead atoms. The Kier molecular flexibility index (Phi) is 7.14. The number of aromatic nitrogens is 3. The van der Waals surface area contributed by atoms with Crippen LogP contribution in [-0.2, 0) is 6.54 Å². The third-order valence-corrected chi connectivity index (χ3v) is 5.51. The fraction of sp³-hybridized carbons (Fsp3) is 0.238. The van der Waals surface area contributed by atoms with Gasteiger partial charge in [-0.05, 0) is 26.0 Å². The van der Waals surface area contributed by atoms with Crippen LogP contribution in [0.4, 0.5) is 5.69 Å². The summed E-state index contributed by atoms with van der Waals surface area (Å²) in [5.41, 5.74) is 0.694. The topological polar surface area (TPSA) is 120 Å². The van der Waals surface area contributed by atoms with Crippen molar-refractivity contribution in [1.82, 2.24) is 20.1 Å². The van der Waals surface area contributed by atoms with Gasteiger partial charge in [0.05, 0.1) is 16.7 Å². The molecule has 0 aliphatic heterocycles. The van der Waals surface area contributed by atoms with Crippen molar-refractivity contribution in [3.05, 3.63) is 81.7 Å². The van der Waals surface area contributed by atoms with Crippen molar-refractivity contribution in [3.8, 4) is 0 Å². The number of non-ortho nitro benzene ring substituents is 1. The molecule has 1 amide bonds. The Morgan fingerprint density at radius 3 is 2.52 bits per heavy atom. The maximum Gasteiger partial charge on any atom is 0.270 e. The molecule has 3 aromatic rings.